The van der Waals surface area contributed by atoms with E-state index in [0.717, 1.165) is 0 Å². The first-order valence-electron chi connectivity index (χ1n) is 12.1. The molecule has 0 saturated carbocycles. The van der Waals surface area contributed by atoms with Gasteiger partial charge in [0.1, 0.15) is 18.1 Å². The summed E-state index contributed by atoms with van der Waals surface area (Å²) in [6.07, 6.45) is -1.46. The lowest BCUT2D eigenvalue weighted by Crippen LogP contribution is -2.57. The van der Waals surface area contributed by atoms with Crippen LogP contribution in [0.15, 0.2) is 30.3 Å². The zero-order valence-electron chi connectivity index (χ0n) is 21.3. The van der Waals surface area contributed by atoms with E-state index >= 15 is 0 Å². The molecular weight excluding hydrogens is 514 g/mol. The van der Waals surface area contributed by atoms with E-state index in [1.54, 1.807) is 30.3 Å². The van der Waals surface area contributed by atoms with Crippen molar-refractivity contribution in [3.63, 3.8) is 0 Å². The molecule has 0 fully saturated rings. The third-order valence-corrected chi connectivity index (χ3v) is 5.56. The van der Waals surface area contributed by atoms with Crippen LogP contribution in [0.5, 0.6) is 0 Å². The van der Waals surface area contributed by atoms with Crippen LogP contribution in [0.4, 0.5) is 0 Å². The van der Waals surface area contributed by atoms with Crippen LogP contribution in [-0.4, -0.2) is 70.7 Å². The van der Waals surface area contributed by atoms with Crippen LogP contribution in [0.3, 0.4) is 0 Å². The van der Waals surface area contributed by atoms with Gasteiger partial charge < -0.3 is 44.0 Å². The van der Waals surface area contributed by atoms with Gasteiger partial charge >= 0.3 is 5.97 Å². The number of aliphatic carboxylic acids is 1. The Morgan fingerprint density at radius 3 is 1.59 bits per heavy atom. The summed E-state index contributed by atoms with van der Waals surface area (Å²) in [6, 6.07) is 3.27. The minimum Gasteiger partial charge on any atom is -0.480 e. The second kappa shape index (κ2) is 16.3. The Kier molecular flexibility index (Phi) is 13.6. The molecule has 214 valence electrons. The fourth-order valence-electron chi connectivity index (χ4n) is 3.41. The maximum absolute atomic E-state index is 13.3. The van der Waals surface area contributed by atoms with E-state index < -0.39 is 65.6 Å². The predicted molar refractivity (Wildman–Crippen MR) is 137 cm³/mol. The first-order valence-corrected chi connectivity index (χ1v) is 12.1. The van der Waals surface area contributed by atoms with E-state index in [0.29, 0.717) is 5.56 Å². The van der Waals surface area contributed by atoms with Gasteiger partial charge in [-0.3, -0.25) is 28.8 Å². The van der Waals surface area contributed by atoms with Crippen molar-refractivity contribution in [1.82, 2.24) is 16.0 Å². The Hall–Kier alpha value is -4.53. The van der Waals surface area contributed by atoms with E-state index in [-0.39, 0.29) is 44.9 Å². The molecule has 1 aromatic rings. The normalized spacial score (nSPS) is 13.7. The quantitative estimate of drug-likeness (QED) is 0.0918. The van der Waals surface area contributed by atoms with Crippen molar-refractivity contribution < 1.29 is 38.7 Å². The standard InChI is InChI=1S/C24H35N7O8/c25-14(6-9-18(26)32)21(35)31-17(12-13-4-2-1-3-5-13)23(37)29-15(7-10-19(27)33)22(36)30-16(24(38)39)8-11-20(28)34/h1-5,14-17H,6-12,25H2,(H2,26,32)(H2,27,33)(H2,28,34)(H,29,37)(H,30,36)(H,31,35)(H,38,39). The van der Waals surface area contributed by atoms with Crippen molar-refractivity contribution in [2.24, 2.45) is 22.9 Å². The molecule has 4 unspecified atom stereocenters. The molecular formula is C24H35N7O8. The van der Waals surface area contributed by atoms with Gasteiger partial charge in [0.25, 0.3) is 0 Å². The van der Waals surface area contributed by atoms with Gasteiger partial charge in [0.2, 0.25) is 35.4 Å². The number of carbonyl (C=O) groups excluding carboxylic acids is 6. The van der Waals surface area contributed by atoms with Crippen LogP contribution in [0, 0.1) is 0 Å². The lowest BCUT2D eigenvalue weighted by atomic mass is 10.0. The van der Waals surface area contributed by atoms with Crippen LogP contribution >= 0.6 is 0 Å². The first kappa shape index (κ1) is 32.5. The minimum absolute atomic E-state index is 0.0124. The maximum atomic E-state index is 13.3. The van der Waals surface area contributed by atoms with Crippen LogP contribution in [0.2, 0.25) is 0 Å². The molecule has 0 aromatic heterocycles. The molecule has 39 heavy (non-hydrogen) atoms. The van der Waals surface area contributed by atoms with Crippen molar-refractivity contribution in [1.29, 1.82) is 0 Å². The summed E-state index contributed by atoms with van der Waals surface area (Å²) in [5, 5.41) is 16.5. The van der Waals surface area contributed by atoms with E-state index in [1.807, 2.05) is 0 Å². The van der Waals surface area contributed by atoms with Crippen molar-refractivity contribution in [2.45, 2.75) is 69.1 Å². The highest BCUT2D eigenvalue weighted by atomic mass is 16.4. The molecule has 0 radical (unpaired) electrons. The summed E-state index contributed by atoms with van der Waals surface area (Å²) in [4.78, 5) is 83.7. The number of nitrogens with two attached hydrogens (primary N) is 4. The maximum Gasteiger partial charge on any atom is 0.326 e. The smallest absolute Gasteiger partial charge is 0.326 e. The molecule has 0 spiro atoms. The molecule has 6 amide bonds. The number of carbonyl (C=O) groups is 7. The largest absolute Gasteiger partial charge is 0.480 e. The molecule has 15 heteroatoms. The van der Waals surface area contributed by atoms with Crippen LogP contribution in [0.1, 0.15) is 44.1 Å². The van der Waals surface area contributed by atoms with Gasteiger partial charge in [0.05, 0.1) is 6.04 Å². The fourth-order valence-corrected chi connectivity index (χ4v) is 3.41. The summed E-state index contributed by atoms with van der Waals surface area (Å²) in [5.74, 6) is -6.18. The predicted octanol–water partition coefficient (Wildman–Crippen LogP) is -3.11. The topological polar surface area (TPSA) is 280 Å². The van der Waals surface area contributed by atoms with Gasteiger partial charge in [-0.05, 0) is 24.8 Å². The molecule has 0 bridgehead atoms. The van der Waals surface area contributed by atoms with Gasteiger partial charge in [-0.1, -0.05) is 30.3 Å². The second-order valence-electron chi connectivity index (χ2n) is 8.83. The molecule has 4 atom stereocenters. The second-order valence-corrected chi connectivity index (χ2v) is 8.83. The van der Waals surface area contributed by atoms with Gasteiger partial charge in [0, 0.05) is 25.7 Å². The number of benzene rings is 1. The monoisotopic (exact) mass is 549 g/mol. The average molecular weight is 550 g/mol. The van der Waals surface area contributed by atoms with Crippen molar-refractivity contribution in [3.8, 4) is 0 Å². The molecule has 0 aliphatic heterocycles. The highest BCUT2D eigenvalue weighted by Gasteiger charge is 2.31. The van der Waals surface area contributed by atoms with Gasteiger partial charge in [-0.2, -0.15) is 0 Å². The van der Waals surface area contributed by atoms with Gasteiger partial charge in [-0.15, -0.1) is 0 Å². The molecule has 0 aliphatic rings. The van der Waals surface area contributed by atoms with Crippen molar-refractivity contribution in [2.75, 3.05) is 0 Å². The van der Waals surface area contributed by atoms with E-state index in [4.69, 9.17) is 22.9 Å². The molecule has 1 aromatic carbocycles. The first-order chi connectivity index (χ1) is 18.3. The number of nitrogens with one attached hydrogen (secondary N) is 3. The number of amides is 6. The van der Waals surface area contributed by atoms with Crippen LogP contribution in [-0.2, 0) is 40.0 Å². The number of rotatable bonds is 18. The number of hydrogen-bond donors (Lipinski definition) is 8. The van der Waals surface area contributed by atoms with E-state index in [2.05, 4.69) is 16.0 Å². The molecule has 0 aliphatic carbocycles. The van der Waals surface area contributed by atoms with Crippen molar-refractivity contribution in [3.05, 3.63) is 35.9 Å². The third kappa shape index (κ3) is 13.0. The van der Waals surface area contributed by atoms with E-state index in [1.165, 1.54) is 0 Å². The Morgan fingerprint density at radius 1 is 0.641 bits per heavy atom. The van der Waals surface area contributed by atoms with Gasteiger partial charge in [-0.25, -0.2) is 4.79 Å². The highest BCUT2D eigenvalue weighted by molar-refractivity contribution is 5.94. The summed E-state index contributed by atoms with van der Waals surface area (Å²) in [5.41, 5.74) is 21.8. The Balaban J connectivity index is 3.12. The fraction of sp³-hybridized carbons (Fsp3) is 0.458. The molecule has 0 heterocycles. The molecule has 12 N–H and O–H groups in total. The lowest BCUT2D eigenvalue weighted by molar-refractivity contribution is -0.142. The summed E-state index contributed by atoms with van der Waals surface area (Å²) >= 11 is 0. The van der Waals surface area contributed by atoms with Crippen LogP contribution in [0.25, 0.3) is 0 Å². The third-order valence-electron chi connectivity index (χ3n) is 5.56. The molecule has 0 saturated heterocycles. The summed E-state index contributed by atoms with van der Waals surface area (Å²) < 4.78 is 0. The highest BCUT2D eigenvalue weighted by Crippen LogP contribution is 2.07. The average Bonchev–Trinajstić information content (AvgIpc) is 2.86. The molecule has 15 nitrogen and oxygen atoms in total. The number of carboxylic acids is 1. The Morgan fingerprint density at radius 2 is 1.08 bits per heavy atom. The van der Waals surface area contributed by atoms with Crippen LogP contribution < -0.4 is 38.9 Å². The number of primary amides is 3. The Labute approximate surface area is 224 Å². The Bertz CT molecular complexity index is 1050. The molecule has 1 rings (SSSR count). The minimum atomic E-state index is -1.50. The lowest BCUT2D eigenvalue weighted by Gasteiger charge is -2.25. The van der Waals surface area contributed by atoms with E-state index in [9.17, 15) is 38.7 Å². The number of hydrogen-bond acceptors (Lipinski definition) is 8. The SMILES string of the molecule is NC(=O)CCC(N)C(=O)NC(Cc1ccccc1)C(=O)NC(CCC(N)=O)C(=O)NC(CCC(N)=O)C(=O)O. The zero-order valence-corrected chi connectivity index (χ0v) is 21.3. The number of carboxylic acid groups (broad SMARTS) is 1. The zero-order chi connectivity index (χ0) is 29.5. The summed E-state index contributed by atoms with van der Waals surface area (Å²) in [6.45, 7) is 0. The van der Waals surface area contributed by atoms with Gasteiger partial charge in [0.15, 0.2) is 0 Å². The summed E-state index contributed by atoms with van der Waals surface area (Å²) in [7, 11) is 0. The van der Waals surface area contributed by atoms with Crippen molar-refractivity contribution >= 4 is 41.4 Å².